The number of nitrogens with two attached hydrogens (primary N) is 1. The second-order valence-electron chi connectivity index (χ2n) is 3.63. The molecule has 3 N–H and O–H groups in total. The van der Waals surface area contributed by atoms with E-state index in [2.05, 4.69) is 10.4 Å². The first kappa shape index (κ1) is 13.0. The number of nitrogens with one attached hydrogen (secondary N) is 1. The maximum atomic E-state index is 13.6. The molecule has 0 bridgehead atoms. The highest BCUT2D eigenvalue weighted by Gasteiger charge is 2.21. The Morgan fingerprint density at radius 3 is 2.44 bits per heavy atom. The van der Waals surface area contributed by atoms with E-state index in [1.165, 1.54) is 11.3 Å². The van der Waals surface area contributed by atoms with E-state index >= 15 is 0 Å². The summed E-state index contributed by atoms with van der Waals surface area (Å²) < 4.78 is 40.0. The Hall–Kier alpha value is -1.44. The molecule has 0 spiro atoms. The van der Waals surface area contributed by atoms with Crippen LogP contribution in [0, 0.1) is 17.5 Å². The van der Waals surface area contributed by atoms with Gasteiger partial charge in [-0.3, -0.25) is 11.3 Å². The molecule has 7 heteroatoms. The molecule has 1 aromatic carbocycles. The number of aromatic nitrogens is 1. The summed E-state index contributed by atoms with van der Waals surface area (Å²) in [5.74, 6) is 2.41. The lowest BCUT2D eigenvalue weighted by molar-refractivity contribution is 0.461. The fourth-order valence-electron chi connectivity index (χ4n) is 1.66. The van der Waals surface area contributed by atoms with Gasteiger partial charge in [-0.2, -0.15) is 0 Å². The summed E-state index contributed by atoms with van der Waals surface area (Å²) in [6.07, 6.45) is 1.82. The average Bonchev–Trinajstić information content (AvgIpc) is 2.79. The van der Waals surface area contributed by atoms with Crippen molar-refractivity contribution in [3.05, 3.63) is 51.7 Å². The summed E-state index contributed by atoms with van der Waals surface area (Å²) in [5.41, 5.74) is 2.04. The zero-order valence-corrected chi connectivity index (χ0v) is 9.98. The topological polar surface area (TPSA) is 50.9 Å². The van der Waals surface area contributed by atoms with Crippen LogP contribution in [0.4, 0.5) is 13.2 Å². The molecule has 18 heavy (non-hydrogen) atoms. The van der Waals surface area contributed by atoms with Crippen LogP contribution < -0.4 is 11.3 Å². The van der Waals surface area contributed by atoms with Gasteiger partial charge in [-0.1, -0.05) is 0 Å². The molecule has 96 valence electrons. The molecular formula is C11H10F3N3S. The lowest BCUT2D eigenvalue weighted by Gasteiger charge is -2.16. The van der Waals surface area contributed by atoms with Crippen molar-refractivity contribution < 1.29 is 13.2 Å². The van der Waals surface area contributed by atoms with Gasteiger partial charge in [0, 0.05) is 35.7 Å². The van der Waals surface area contributed by atoms with Crippen LogP contribution in [0.5, 0.6) is 0 Å². The van der Waals surface area contributed by atoms with E-state index in [9.17, 15) is 13.2 Å². The Balaban J connectivity index is 2.33. The maximum Gasteiger partial charge on any atom is 0.133 e. The van der Waals surface area contributed by atoms with Gasteiger partial charge in [0.1, 0.15) is 17.5 Å². The highest BCUT2D eigenvalue weighted by Crippen LogP contribution is 2.25. The lowest BCUT2D eigenvalue weighted by atomic mass is 10.0. The summed E-state index contributed by atoms with van der Waals surface area (Å²) in [6.45, 7) is 0. The Kier molecular flexibility index (Phi) is 3.95. The maximum absolute atomic E-state index is 13.6. The van der Waals surface area contributed by atoms with Crippen molar-refractivity contribution in [3.63, 3.8) is 0 Å². The minimum atomic E-state index is -0.966. The zero-order chi connectivity index (χ0) is 13.1. The van der Waals surface area contributed by atoms with Crippen molar-refractivity contribution in [2.75, 3.05) is 0 Å². The van der Waals surface area contributed by atoms with Crippen LogP contribution in [-0.4, -0.2) is 4.98 Å². The SMILES string of the molecule is NNC(Cc1nccs1)c1c(F)cc(F)cc1F. The number of hydrazine groups is 1. The predicted molar refractivity (Wildman–Crippen MR) is 62.2 cm³/mol. The molecule has 0 aliphatic heterocycles. The summed E-state index contributed by atoms with van der Waals surface area (Å²) in [6, 6.07) is 0.464. The molecule has 0 saturated heterocycles. The molecule has 1 heterocycles. The lowest BCUT2D eigenvalue weighted by Crippen LogP contribution is -2.31. The van der Waals surface area contributed by atoms with E-state index in [0.29, 0.717) is 17.1 Å². The van der Waals surface area contributed by atoms with Crippen molar-refractivity contribution in [3.8, 4) is 0 Å². The molecular weight excluding hydrogens is 263 g/mol. The number of rotatable bonds is 4. The molecule has 0 aliphatic carbocycles. The van der Waals surface area contributed by atoms with Crippen molar-refractivity contribution in [1.82, 2.24) is 10.4 Å². The van der Waals surface area contributed by atoms with Crippen molar-refractivity contribution in [1.29, 1.82) is 0 Å². The van der Waals surface area contributed by atoms with Gasteiger partial charge in [0.05, 0.1) is 11.0 Å². The molecule has 1 aromatic heterocycles. The summed E-state index contributed by atoms with van der Waals surface area (Å²) in [4.78, 5) is 4.01. The molecule has 2 aromatic rings. The first-order chi connectivity index (χ1) is 8.61. The van der Waals surface area contributed by atoms with Gasteiger partial charge >= 0.3 is 0 Å². The van der Waals surface area contributed by atoms with Gasteiger partial charge in [0.15, 0.2) is 0 Å². The van der Waals surface area contributed by atoms with E-state index in [-0.39, 0.29) is 12.0 Å². The third-order valence-electron chi connectivity index (χ3n) is 2.46. The van der Waals surface area contributed by atoms with Crippen molar-refractivity contribution in [2.24, 2.45) is 5.84 Å². The molecule has 0 saturated carbocycles. The smallest absolute Gasteiger partial charge is 0.133 e. The third-order valence-corrected chi connectivity index (χ3v) is 3.26. The van der Waals surface area contributed by atoms with Gasteiger partial charge in [-0.05, 0) is 0 Å². The number of benzene rings is 1. The third kappa shape index (κ3) is 2.69. The minimum Gasteiger partial charge on any atom is -0.271 e. The van der Waals surface area contributed by atoms with E-state index in [1.807, 2.05) is 0 Å². The molecule has 0 fully saturated rings. The number of halogens is 3. The summed E-state index contributed by atoms with van der Waals surface area (Å²) in [5, 5.41) is 2.43. The van der Waals surface area contributed by atoms with E-state index in [1.54, 1.807) is 11.6 Å². The normalized spacial score (nSPS) is 12.7. The zero-order valence-electron chi connectivity index (χ0n) is 9.16. The molecule has 3 nitrogen and oxygen atoms in total. The first-order valence-corrected chi connectivity index (χ1v) is 5.98. The van der Waals surface area contributed by atoms with Crippen molar-refractivity contribution in [2.45, 2.75) is 12.5 Å². The Labute approximate surface area is 105 Å². The molecule has 1 unspecified atom stereocenters. The second-order valence-corrected chi connectivity index (χ2v) is 4.61. The van der Waals surface area contributed by atoms with Crippen LogP contribution in [0.25, 0.3) is 0 Å². The van der Waals surface area contributed by atoms with Crippen molar-refractivity contribution >= 4 is 11.3 Å². The Morgan fingerprint density at radius 2 is 1.94 bits per heavy atom. The molecule has 2 rings (SSSR count). The summed E-state index contributed by atoms with van der Waals surface area (Å²) in [7, 11) is 0. The number of hydrogen-bond donors (Lipinski definition) is 2. The van der Waals surface area contributed by atoms with E-state index in [4.69, 9.17) is 5.84 Å². The number of nitrogens with zero attached hydrogens (tertiary/aromatic N) is 1. The molecule has 0 radical (unpaired) electrons. The standard InChI is InChI=1S/C11H10F3N3S/c12-6-3-7(13)11(8(14)4-6)9(17-15)5-10-16-1-2-18-10/h1-4,9,17H,5,15H2. The largest absolute Gasteiger partial charge is 0.271 e. The van der Waals surface area contributed by atoms with Gasteiger partial charge in [0.2, 0.25) is 0 Å². The Bertz CT molecular complexity index is 507. The highest BCUT2D eigenvalue weighted by molar-refractivity contribution is 7.09. The van der Waals surface area contributed by atoms with Crippen LogP contribution >= 0.6 is 11.3 Å². The average molecular weight is 273 g/mol. The Morgan fingerprint density at radius 1 is 1.28 bits per heavy atom. The number of hydrogen-bond acceptors (Lipinski definition) is 4. The minimum absolute atomic E-state index is 0.230. The van der Waals surface area contributed by atoms with Gasteiger partial charge in [-0.25, -0.2) is 18.2 Å². The van der Waals surface area contributed by atoms with Crippen LogP contribution in [0.1, 0.15) is 16.6 Å². The quantitative estimate of drug-likeness (QED) is 0.664. The van der Waals surface area contributed by atoms with Crippen LogP contribution in [-0.2, 0) is 6.42 Å². The fraction of sp³-hybridized carbons (Fsp3) is 0.182. The van der Waals surface area contributed by atoms with E-state index in [0.717, 1.165) is 0 Å². The second kappa shape index (κ2) is 5.47. The number of thiazole rings is 1. The molecule has 0 aliphatic rings. The van der Waals surface area contributed by atoms with Gasteiger partial charge in [-0.15, -0.1) is 11.3 Å². The van der Waals surface area contributed by atoms with E-state index < -0.39 is 23.5 Å². The fourth-order valence-corrected chi connectivity index (χ4v) is 2.32. The van der Waals surface area contributed by atoms with Gasteiger partial charge < -0.3 is 0 Å². The monoisotopic (exact) mass is 273 g/mol. The van der Waals surface area contributed by atoms with Crippen LogP contribution in [0.15, 0.2) is 23.7 Å². The van der Waals surface area contributed by atoms with Gasteiger partial charge in [0.25, 0.3) is 0 Å². The molecule has 0 amide bonds. The molecule has 1 atom stereocenters. The highest BCUT2D eigenvalue weighted by atomic mass is 32.1. The van der Waals surface area contributed by atoms with Crippen LogP contribution in [0.3, 0.4) is 0 Å². The van der Waals surface area contributed by atoms with Crippen LogP contribution in [0.2, 0.25) is 0 Å². The summed E-state index contributed by atoms with van der Waals surface area (Å²) >= 11 is 1.35. The first-order valence-electron chi connectivity index (χ1n) is 5.10. The predicted octanol–water partition coefficient (Wildman–Crippen LogP) is 2.31.